The smallest absolute Gasteiger partial charge is 0.341 e. The second kappa shape index (κ2) is 6.24. The van der Waals surface area contributed by atoms with Crippen LogP contribution in [0.3, 0.4) is 0 Å². The summed E-state index contributed by atoms with van der Waals surface area (Å²) in [6.07, 6.45) is 2.69. The fourth-order valence-electron chi connectivity index (χ4n) is 4.81. The van der Waals surface area contributed by atoms with Crippen molar-refractivity contribution in [3.05, 3.63) is 39.7 Å². The van der Waals surface area contributed by atoms with Gasteiger partial charge in [0.25, 0.3) is 0 Å². The summed E-state index contributed by atoms with van der Waals surface area (Å²) in [5.74, 6) is -3.02. The number of nitrogens with two attached hydrogens (primary N) is 1. The van der Waals surface area contributed by atoms with Crippen LogP contribution in [-0.4, -0.2) is 48.5 Å². The first kappa shape index (κ1) is 18.5. The van der Waals surface area contributed by atoms with E-state index in [1.54, 1.807) is 4.90 Å². The van der Waals surface area contributed by atoms with Crippen LogP contribution in [0.15, 0.2) is 17.1 Å². The first-order valence-corrected chi connectivity index (χ1v) is 9.69. The topological polar surface area (TPSA) is 97.8 Å². The molecule has 1 aromatic carbocycles. The molecular weight excluding hydrogens is 384 g/mol. The number of hydrogen-bond acceptors (Lipinski definition) is 5. The van der Waals surface area contributed by atoms with E-state index < -0.39 is 28.6 Å². The van der Waals surface area contributed by atoms with Gasteiger partial charge in [0, 0.05) is 43.2 Å². The highest BCUT2D eigenvalue weighted by Gasteiger charge is 2.50. The minimum Gasteiger partial charge on any atom is -0.477 e. The van der Waals surface area contributed by atoms with E-state index in [0.29, 0.717) is 32.8 Å². The number of carboxylic acids is 1. The lowest BCUT2D eigenvalue weighted by molar-refractivity contribution is 0.0694. The Morgan fingerprint density at radius 1 is 1.38 bits per heavy atom. The van der Waals surface area contributed by atoms with Gasteiger partial charge >= 0.3 is 5.97 Å². The number of ether oxygens (including phenoxy) is 1. The number of anilines is 1. The number of benzene rings is 1. The third-order valence-electron chi connectivity index (χ3n) is 6.60. The van der Waals surface area contributed by atoms with Gasteiger partial charge in [0.15, 0.2) is 5.82 Å². The van der Waals surface area contributed by atoms with Crippen molar-refractivity contribution >= 4 is 22.6 Å². The summed E-state index contributed by atoms with van der Waals surface area (Å²) in [5, 5.41) is 9.09. The zero-order valence-electron chi connectivity index (χ0n) is 15.7. The van der Waals surface area contributed by atoms with Crippen molar-refractivity contribution < 1.29 is 23.4 Å². The van der Waals surface area contributed by atoms with E-state index in [1.807, 2.05) is 0 Å². The summed E-state index contributed by atoms with van der Waals surface area (Å²) in [6.45, 7) is 2.10. The molecule has 2 unspecified atom stereocenters. The molecule has 1 saturated carbocycles. The Bertz CT molecular complexity index is 1100. The second-order valence-corrected chi connectivity index (χ2v) is 8.39. The maximum absolute atomic E-state index is 15.7. The van der Waals surface area contributed by atoms with Crippen molar-refractivity contribution in [2.45, 2.75) is 18.9 Å². The molecule has 0 radical (unpaired) electrons. The van der Waals surface area contributed by atoms with E-state index in [9.17, 15) is 14.7 Å². The SMILES string of the molecule is NCC12COCC1CN(c1c(F)cc3c(=O)c(C(=O)O)cn(C4CC4)c3c1F)C2. The van der Waals surface area contributed by atoms with E-state index >= 15 is 8.78 Å². The summed E-state index contributed by atoms with van der Waals surface area (Å²) < 4.78 is 37.8. The van der Waals surface area contributed by atoms with Crippen molar-refractivity contribution in [2.24, 2.45) is 17.1 Å². The number of carboxylic acid groups (broad SMARTS) is 1. The number of nitrogens with zero attached hydrogens (tertiary/aromatic N) is 2. The highest BCUT2D eigenvalue weighted by Crippen LogP contribution is 2.45. The molecular formula is C20H21F2N3O4. The average Bonchev–Trinajstić information content (AvgIpc) is 3.34. The Morgan fingerprint density at radius 2 is 2.14 bits per heavy atom. The second-order valence-electron chi connectivity index (χ2n) is 8.39. The number of aromatic carboxylic acids is 1. The molecule has 3 N–H and O–H groups in total. The maximum Gasteiger partial charge on any atom is 0.341 e. The molecule has 154 valence electrons. The van der Waals surface area contributed by atoms with Crippen molar-refractivity contribution in [3.8, 4) is 0 Å². The summed E-state index contributed by atoms with van der Waals surface area (Å²) in [5.41, 5.74) is 4.05. The molecule has 1 aromatic heterocycles. The number of aromatic nitrogens is 1. The van der Waals surface area contributed by atoms with Crippen molar-refractivity contribution in [1.29, 1.82) is 0 Å². The van der Waals surface area contributed by atoms with Crippen molar-refractivity contribution in [3.63, 3.8) is 0 Å². The third-order valence-corrected chi connectivity index (χ3v) is 6.60. The van der Waals surface area contributed by atoms with Crippen LogP contribution in [0.5, 0.6) is 0 Å². The Kier molecular flexibility index (Phi) is 3.98. The van der Waals surface area contributed by atoms with Gasteiger partial charge in [-0.25, -0.2) is 13.6 Å². The predicted octanol–water partition coefficient (Wildman–Crippen LogP) is 1.72. The molecule has 29 heavy (non-hydrogen) atoms. The summed E-state index contributed by atoms with van der Waals surface area (Å²) in [4.78, 5) is 25.7. The van der Waals surface area contributed by atoms with Crippen LogP contribution in [0.2, 0.25) is 0 Å². The lowest BCUT2D eigenvalue weighted by Crippen LogP contribution is -2.38. The molecule has 2 atom stereocenters. The summed E-state index contributed by atoms with van der Waals surface area (Å²) in [6, 6.07) is 0.881. The Labute approximate surface area is 164 Å². The zero-order chi connectivity index (χ0) is 20.5. The Morgan fingerprint density at radius 3 is 2.76 bits per heavy atom. The lowest BCUT2D eigenvalue weighted by atomic mass is 9.81. The minimum atomic E-state index is -1.41. The van der Waals surface area contributed by atoms with Crippen molar-refractivity contribution in [2.75, 3.05) is 37.7 Å². The number of rotatable bonds is 4. The fraction of sp³-hybridized carbons (Fsp3) is 0.500. The molecule has 2 saturated heterocycles. The lowest BCUT2D eigenvalue weighted by Gasteiger charge is -2.26. The van der Waals surface area contributed by atoms with E-state index in [1.165, 1.54) is 10.8 Å². The Hall–Kier alpha value is -2.52. The molecule has 3 aliphatic rings. The summed E-state index contributed by atoms with van der Waals surface area (Å²) >= 11 is 0. The molecule has 2 aromatic rings. The first-order valence-electron chi connectivity index (χ1n) is 9.69. The number of hydrogen-bond donors (Lipinski definition) is 2. The molecule has 2 aliphatic heterocycles. The summed E-state index contributed by atoms with van der Waals surface area (Å²) in [7, 11) is 0. The van der Waals surface area contributed by atoms with Gasteiger partial charge in [0.05, 0.1) is 24.1 Å². The Balaban J connectivity index is 1.71. The molecule has 0 bridgehead atoms. The molecule has 5 rings (SSSR count). The van der Waals surface area contributed by atoms with Crippen LogP contribution in [0.25, 0.3) is 10.9 Å². The van der Waals surface area contributed by atoms with E-state index in [-0.39, 0.29) is 34.0 Å². The van der Waals surface area contributed by atoms with Gasteiger partial charge in [-0.2, -0.15) is 0 Å². The van der Waals surface area contributed by atoms with E-state index in [0.717, 1.165) is 18.9 Å². The van der Waals surface area contributed by atoms with E-state index in [2.05, 4.69) is 0 Å². The van der Waals surface area contributed by atoms with Gasteiger partial charge in [-0.05, 0) is 18.9 Å². The highest BCUT2D eigenvalue weighted by atomic mass is 19.1. The largest absolute Gasteiger partial charge is 0.477 e. The molecule has 7 nitrogen and oxygen atoms in total. The molecule has 9 heteroatoms. The monoisotopic (exact) mass is 405 g/mol. The number of carbonyl (C=O) groups is 1. The predicted molar refractivity (Wildman–Crippen MR) is 101 cm³/mol. The number of pyridine rings is 1. The standard InChI is InChI=1S/C20H21F2N3O4/c21-14-3-12-16(25(11-1-2-11)5-13(18(12)26)19(27)28)15(22)17(14)24-4-10-6-29-9-20(10,7-23)8-24/h3,5,10-11H,1-2,4,6-9,23H2,(H,27,28). The van der Waals surface area contributed by atoms with Gasteiger partial charge in [-0.3, -0.25) is 4.79 Å². The molecule has 0 amide bonds. The molecule has 1 aliphatic carbocycles. The van der Waals surface area contributed by atoms with Gasteiger partial charge in [-0.1, -0.05) is 0 Å². The third kappa shape index (κ3) is 2.60. The van der Waals surface area contributed by atoms with Crippen LogP contribution in [0, 0.1) is 23.0 Å². The van der Waals surface area contributed by atoms with Gasteiger partial charge in [0.2, 0.25) is 5.43 Å². The molecule has 3 heterocycles. The van der Waals surface area contributed by atoms with Crippen LogP contribution < -0.4 is 16.1 Å². The molecule has 3 fully saturated rings. The maximum atomic E-state index is 15.7. The highest BCUT2D eigenvalue weighted by molar-refractivity contribution is 5.94. The van der Waals surface area contributed by atoms with Gasteiger partial charge in [-0.15, -0.1) is 0 Å². The average molecular weight is 405 g/mol. The van der Waals surface area contributed by atoms with Crippen LogP contribution in [-0.2, 0) is 4.74 Å². The van der Waals surface area contributed by atoms with E-state index in [4.69, 9.17) is 10.5 Å². The molecule has 0 spiro atoms. The first-order chi connectivity index (χ1) is 13.9. The van der Waals surface area contributed by atoms with Crippen LogP contribution in [0.1, 0.15) is 29.2 Å². The quantitative estimate of drug-likeness (QED) is 0.804. The van der Waals surface area contributed by atoms with Gasteiger partial charge < -0.3 is 25.0 Å². The number of fused-ring (bicyclic) bond motifs is 2. The van der Waals surface area contributed by atoms with Crippen LogP contribution in [0.4, 0.5) is 14.5 Å². The normalized spacial score (nSPS) is 26.3. The number of halogens is 2. The van der Waals surface area contributed by atoms with Crippen LogP contribution >= 0.6 is 0 Å². The van der Waals surface area contributed by atoms with Crippen molar-refractivity contribution in [1.82, 2.24) is 4.57 Å². The zero-order valence-corrected chi connectivity index (χ0v) is 15.7. The minimum absolute atomic E-state index is 0.0333. The van der Waals surface area contributed by atoms with Gasteiger partial charge in [0.1, 0.15) is 17.1 Å². The fourth-order valence-corrected chi connectivity index (χ4v) is 4.81.